The fourth-order valence-electron chi connectivity index (χ4n) is 2.06. The van der Waals surface area contributed by atoms with Crippen molar-refractivity contribution >= 4 is 0 Å². The summed E-state index contributed by atoms with van der Waals surface area (Å²) in [5.41, 5.74) is 2.01. The first kappa shape index (κ1) is 14.9. The molecule has 118 valence electrons. The number of aliphatic hydroxyl groups is 1. The number of benzene rings is 2. The van der Waals surface area contributed by atoms with Gasteiger partial charge in [0.1, 0.15) is 18.1 Å². The molecule has 3 rings (SSSR count). The van der Waals surface area contributed by atoms with Gasteiger partial charge in [-0.3, -0.25) is 0 Å². The van der Waals surface area contributed by atoms with Gasteiger partial charge >= 0.3 is 0 Å². The highest BCUT2D eigenvalue weighted by Crippen LogP contribution is 2.29. The summed E-state index contributed by atoms with van der Waals surface area (Å²) in [5, 5.41) is 35.7. The topological polar surface area (TPSA) is 101 Å². The van der Waals surface area contributed by atoms with Gasteiger partial charge in [0.25, 0.3) is 0 Å². The standard InChI is InChI=1S/C16H15N3O4/c20-7-8-23-13-4-2-12(3-5-13)19-10-14(17-18-19)11-1-6-15(21)16(22)9-11/h1-6,9-10,20-22H,7-8H2. The summed E-state index contributed by atoms with van der Waals surface area (Å²) in [6.45, 7) is 0.213. The van der Waals surface area contributed by atoms with Crippen molar-refractivity contribution in [2.45, 2.75) is 0 Å². The van der Waals surface area contributed by atoms with Crippen molar-refractivity contribution < 1.29 is 20.1 Å². The van der Waals surface area contributed by atoms with Crippen molar-refractivity contribution in [1.82, 2.24) is 15.0 Å². The molecule has 0 fully saturated rings. The van der Waals surface area contributed by atoms with Gasteiger partial charge in [0.2, 0.25) is 0 Å². The number of aromatic hydroxyl groups is 2. The molecule has 0 radical (unpaired) electrons. The van der Waals surface area contributed by atoms with Crippen molar-refractivity contribution in [1.29, 1.82) is 0 Å². The van der Waals surface area contributed by atoms with E-state index in [1.807, 2.05) is 12.1 Å². The van der Waals surface area contributed by atoms with Gasteiger partial charge in [0, 0.05) is 5.56 Å². The molecule has 0 aliphatic rings. The van der Waals surface area contributed by atoms with Crippen LogP contribution in [0.4, 0.5) is 0 Å². The van der Waals surface area contributed by atoms with Crippen molar-refractivity contribution in [2.24, 2.45) is 0 Å². The molecule has 1 heterocycles. The molecule has 0 spiro atoms. The van der Waals surface area contributed by atoms with Crippen LogP contribution < -0.4 is 4.74 Å². The van der Waals surface area contributed by atoms with Gasteiger partial charge in [-0.1, -0.05) is 5.21 Å². The number of hydrogen-bond acceptors (Lipinski definition) is 6. The fraction of sp³-hybridized carbons (Fsp3) is 0.125. The van der Waals surface area contributed by atoms with Gasteiger partial charge in [-0.15, -0.1) is 5.10 Å². The minimum atomic E-state index is -0.206. The predicted molar refractivity (Wildman–Crippen MR) is 82.7 cm³/mol. The van der Waals surface area contributed by atoms with Crippen LogP contribution in [0.5, 0.6) is 17.2 Å². The lowest BCUT2D eigenvalue weighted by molar-refractivity contribution is 0.201. The molecule has 7 heteroatoms. The smallest absolute Gasteiger partial charge is 0.158 e. The van der Waals surface area contributed by atoms with E-state index in [9.17, 15) is 10.2 Å². The molecule has 0 saturated carbocycles. The minimum absolute atomic E-state index is 0.0341. The first-order chi connectivity index (χ1) is 11.2. The zero-order chi connectivity index (χ0) is 16.2. The van der Waals surface area contributed by atoms with E-state index in [1.54, 1.807) is 29.1 Å². The van der Waals surface area contributed by atoms with Crippen molar-refractivity contribution in [3.05, 3.63) is 48.7 Å². The Labute approximate surface area is 132 Å². The van der Waals surface area contributed by atoms with Crippen LogP contribution in [0.3, 0.4) is 0 Å². The molecule has 2 aromatic carbocycles. The normalized spacial score (nSPS) is 10.7. The van der Waals surface area contributed by atoms with E-state index < -0.39 is 0 Å². The largest absolute Gasteiger partial charge is 0.504 e. The van der Waals surface area contributed by atoms with Gasteiger partial charge in [-0.05, 0) is 42.5 Å². The zero-order valence-electron chi connectivity index (χ0n) is 12.1. The Kier molecular flexibility index (Phi) is 4.11. The second-order valence-corrected chi connectivity index (χ2v) is 4.82. The molecule has 7 nitrogen and oxygen atoms in total. The summed E-state index contributed by atoms with van der Waals surface area (Å²) in [6.07, 6.45) is 1.72. The average Bonchev–Trinajstić information content (AvgIpc) is 3.06. The highest BCUT2D eigenvalue weighted by Gasteiger charge is 2.08. The lowest BCUT2D eigenvalue weighted by Crippen LogP contribution is -2.01. The third-order valence-corrected chi connectivity index (χ3v) is 3.23. The van der Waals surface area contributed by atoms with Crippen molar-refractivity contribution in [3.8, 4) is 34.2 Å². The van der Waals surface area contributed by atoms with Crippen LogP contribution >= 0.6 is 0 Å². The lowest BCUT2D eigenvalue weighted by Gasteiger charge is -2.05. The van der Waals surface area contributed by atoms with Gasteiger partial charge in [-0.2, -0.15) is 0 Å². The van der Waals surface area contributed by atoms with Gasteiger partial charge in [-0.25, -0.2) is 4.68 Å². The van der Waals surface area contributed by atoms with E-state index in [1.165, 1.54) is 12.1 Å². The predicted octanol–water partition coefficient (Wildman–Crippen LogP) is 1.72. The third kappa shape index (κ3) is 3.24. The molecule has 0 amide bonds. The summed E-state index contributed by atoms with van der Waals surface area (Å²) in [6, 6.07) is 11.7. The lowest BCUT2D eigenvalue weighted by atomic mass is 10.1. The van der Waals surface area contributed by atoms with Crippen LogP contribution in [-0.2, 0) is 0 Å². The highest BCUT2D eigenvalue weighted by atomic mass is 16.5. The summed E-state index contributed by atoms with van der Waals surface area (Å²) >= 11 is 0. The maximum Gasteiger partial charge on any atom is 0.158 e. The molecular weight excluding hydrogens is 298 g/mol. The molecule has 0 aliphatic carbocycles. The van der Waals surface area contributed by atoms with Gasteiger partial charge in [0.05, 0.1) is 18.5 Å². The third-order valence-electron chi connectivity index (χ3n) is 3.23. The fourth-order valence-corrected chi connectivity index (χ4v) is 2.06. The minimum Gasteiger partial charge on any atom is -0.504 e. The van der Waals surface area contributed by atoms with Crippen LogP contribution in [0.1, 0.15) is 0 Å². The molecule has 0 unspecified atom stereocenters. The van der Waals surface area contributed by atoms with Gasteiger partial charge in [0.15, 0.2) is 11.5 Å². The Balaban J connectivity index is 1.82. The SMILES string of the molecule is OCCOc1ccc(-n2cc(-c3ccc(O)c(O)c3)nn2)cc1. The number of ether oxygens (including phenoxy) is 1. The molecule has 0 aliphatic heterocycles. The van der Waals surface area contributed by atoms with Crippen molar-refractivity contribution in [2.75, 3.05) is 13.2 Å². The Morgan fingerprint density at radius 1 is 1.00 bits per heavy atom. The molecule has 3 N–H and O–H groups in total. The Bertz CT molecular complexity index is 799. The second-order valence-electron chi connectivity index (χ2n) is 4.82. The molecule has 0 atom stereocenters. The second kappa shape index (κ2) is 6.37. The quantitative estimate of drug-likeness (QED) is 0.620. The molecule has 0 saturated heterocycles. The van der Waals surface area contributed by atoms with Crippen LogP contribution in [0.2, 0.25) is 0 Å². The Morgan fingerprint density at radius 2 is 1.78 bits per heavy atom. The van der Waals surface area contributed by atoms with Crippen molar-refractivity contribution in [3.63, 3.8) is 0 Å². The van der Waals surface area contributed by atoms with Crippen LogP contribution in [0.25, 0.3) is 16.9 Å². The number of hydrogen-bond donors (Lipinski definition) is 3. The maximum absolute atomic E-state index is 9.55. The van der Waals surface area contributed by atoms with Crippen LogP contribution in [0, 0.1) is 0 Å². The first-order valence-corrected chi connectivity index (χ1v) is 6.96. The molecular formula is C16H15N3O4. The number of rotatable bonds is 5. The van der Waals surface area contributed by atoms with Gasteiger partial charge < -0.3 is 20.1 Å². The van der Waals surface area contributed by atoms with E-state index in [-0.39, 0.29) is 24.7 Å². The average molecular weight is 313 g/mol. The van der Waals surface area contributed by atoms with E-state index in [0.717, 1.165) is 5.69 Å². The number of nitrogens with zero attached hydrogens (tertiary/aromatic N) is 3. The monoisotopic (exact) mass is 313 g/mol. The number of phenols is 2. The zero-order valence-corrected chi connectivity index (χ0v) is 12.1. The Hall–Kier alpha value is -3.06. The number of aliphatic hydroxyl groups excluding tert-OH is 1. The molecule has 3 aromatic rings. The first-order valence-electron chi connectivity index (χ1n) is 6.96. The van der Waals surface area contributed by atoms with E-state index in [4.69, 9.17) is 9.84 Å². The molecule has 0 bridgehead atoms. The summed E-state index contributed by atoms with van der Waals surface area (Å²) in [7, 11) is 0. The summed E-state index contributed by atoms with van der Waals surface area (Å²) in [5.74, 6) is 0.272. The highest BCUT2D eigenvalue weighted by molar-refractivity contribution is 5.62. The molecule has 1 aromatic heterocycles. The summed E-state index contributed by atoms with van der Waals surface area (Å²) in [4.78, 5) is 0. The van der Waals surface area contributed by atoms with E-state index in [0.29, 0.717) is 17.0 Å². The number of aromatic nitrogens is 3. The molecule has 23 heavy (non-hydrogen) atoms. The van der Waals surface area contributed by atoms with E-state index in [2.05, 4.69) is 10.3 Å². The van der Waals surface area contributed by atoms with E-state index >= 15 is 0 Å². The van der Waals surface area contributed by atoms with Crippen LogP contribution in [-0.4, -0.2) is 43.5 Å². The number of phenolic OH excluding ortho intramolecular Hbond substituents is 2. The summed E-state index contributed by atoms with van der Waals surface area (Å²) < 4.78 is 6.89. The Morgan fingerprint density at radius 3 is 2.48 bits per heavy atom. The van der Waals surface area contributed by atoms with Crippen LogP contribution in [0.15, 0.2) is 48.7 Å². The maximum atomic E-state index is 9.55.